The fourth-order valence-corrected chi connectivity index (χ4v) is 3.91. The van der Waals surface area contributed by atoms with Crippen molar-refractivity contribution in [3.8, 4) is 0 Å². The van der Waals surface area contributed by atoms with Crippen LogP contribution in [0.1, 0.15) is 44.1 Å². The minimum absolute atomic E-state index is 0.500. The van der Waals surface area contributed by atoms with Crippen LogP contribution in [0, 0.1) is 0 Å². The molecule has 1 aliphatic carbocycles. The summed E-state index contributed by atoms with van der Waals surface area (Å²) in [5.74, 6) is 1.37. The van der Waals surface area contributed by atoms with Crippen molar-refractivity contribution in [1.82, 2.24) is 5.32 Å². The van der Waals surface area contributed by atoms with Gasteiger partial charge in [0.05, 0.1) is 5.60 Å². The van der Waals surface area contributed by atoms with Crippen LogP contribution in [0.15, 0.2) is 30.3 Å². The molecule has 0 spiro atoms. The van der Waals surface area contributed by atoms with Crippen LogP contribution in [-0.2, 0) is 0 Å². The van der Waals surface area contributed by atoms with Crippen molar-refractivity contribution in [2.24, 2.45) is 0 Å². The zero-order valence-electron chi connectivity index (χ0n) is 12.6. The van der Waals surface area contributed by atoms with E-state index in [0.717, 1.165) is 5.75 Å². The predicted molar refractivity (Wildman–Crippen MR) is 88.4 cm³/mol. The second kappa shape index (κ2) is 7.48. The molecule has 0 heterocycles. The number of rotatable bonds is 6. The maximum Gasteiger partial charge on any atom is 0.0833 e. The van der Waals surface area contributed by atoms with E-state index in [2.05, 4.69) is 35.6 Å². The summed E-state index contributed by atoms with van der Waals surface area (Å²) in [4.78, 5) is 0. The standard InChI is InChI=1S/C17H27NOS/c1-17(19,13-20-2)12-18-16-11-7-6-10-15(16)14-8-4-3-5-9-14/h3-5,8-9,15-16,18-19H,6-7,10-13H2,1-2H3. The third kappa shape index (κ3) is 4.51. The van der Waals surface area contributed by atoms with Crippen molar-refractivity contribution in [3.05, 3.63) is 35.9 Å². The quantitative estimate of drug-likeness (QED) is 0.843. The molecule has 2 rings (SSSR count). The van der Waals surface area contributed by atoms with E-state index in [9.17, 15) is 5.11 Å². The highest BCUT2D eigenvalue weighted by atomic mass is 32.2. The SMILES string of the molecule is CSCC(C)(O)CNC1CCCCC1c1ccccc1. The lowest BCUT2D eigenvalue weighted by Gasteiger charge is -2.35. The maximum atomic E-state index is 10.3. The summed E-state index contributed by atoms with van der Waals surface area (Å²) in [6, 6.07) is 11.3. The van der Waals surface area contributed by atoms with E-state index in [1.54, 1.807) is 11.8 Å². The molecule has 0 aliphatic heterocycles. The Morgan fingerprint density at radius 3 is 2.65 bits per heavy atom. The average Bonchev–Trinajstić information content (AvgIpc) is 2.46. The first kappa shape index (κ1) is 15.9. The van der Waals surface area contributed by atoms with Crippen LogP contribution in [0.5, 0.6) is 0 Å². The molecule has 0 radical (unpaired) electrons. The molecule has 1 saturated carbocycles. The van der Waals surface area contributed by atoms with E-state index in [1.807, 2.05) is 13.2 Å². The second-order valence-corrected chi connectivity index (χ2v) is 7.09. The van der Waals surface area contributed by atoms with Crippen LogP contribution in [0.25, 0.3) is 0 Å². The summed E-state index contributed by atoms with van der Waals surface area (Å²) in [6.07, 6.45) is 7.13. The Kier molecular flexibility index (Phi) is 5.94. The minimum atomic E-state index is -0.613. The third-order valence-electron chi connectivity index (χ3n) is 4.19. The van der Waals surface area contributed by atoms with Gasteiger partial charge in [-0.3, -0.25) is 0 Å². The molecule has 3 unspecified atom stereocenters. The van der Waals surface area contributed by atoms with Gasteiger partial charge in [0, 0.05) is 18.3 Å². The Morgan fingerprint density at radius 2 is 1.95 bits per heavy atom. The van der Waals surface area contributed by atoms with Crippen LogP contribution in [-0.4, -0.2) is 35.3 Å². The lowest BCUT2D eigenvalue weighted by Crippen LogP contribution is -2.47. The zero-order chi connectivity index (χ0) is 14.4. The van der Waals surface area contributed by atoms with Crippen LogP contribution in [0.2, 0.25) is 0 Å². The molecule has 3 atom stereocenters. The Bertz CT molecular complexity index is 393. The molecule has 2 nitrogen and oxygen atoms in total. The summed E-state index contributed by atoms with van der Waals surface area (Å²) < 4.78 is 0. The zero-order valence-corrected chi connectivity index (χ0v) is 13.5. The van der Waals surface area contributed by atoms with E-state index >= 15 is 0 Å². The lowest BCUT2D eigenvalue weighted by molar-refractivity contribution is 0.0781. The largest absolute Gasteiger partial charge is 0.388 e. The summed E-state index contributed by atoms with van der Waals surface area (Å²) in [5.41, 5.74) is 0.826. The van der Waals surface area contributed by atoms with Gasteiger partial charge in [-0.2, -0.15) is 11.8 Å². The molecular weight excluding hydrogens is 266 g/mol. The molecule has 3 heteroatoms. The smallest absolute Gasteiger partial charge is 0.0833 e. The number of hydrogen-bond acceptors (Lipinski definition) is 3. The molecule has 1 aliphatic rings. The van der Waals surface area contributed by atoms with E-state index in [4.69, 9.17) is 0 Å². The van der Waals surface area contributed by atoms with Gasteiger partial charge in [-0.1, -0.05) is 43.2 Å². The van der Waals surface area contributed by atoms with E-state index < -0.39 is 5.60 Å². The summed E-state index contributed by atoms with van der Waals surface area (Å²) in [6.45, 7) is 2.61. The Labute approximate surface area is 127 Å². The van der Waals surface area contributed by atoms with Gasteiger partial charge in [0.1, 0.15) is 0 Å². The molecule has 0 bridgehead atoms. The highest BCUT2D eigenvalue weighted by Gasteiger charge is 2.28. The normalized spacial score (nSPS) is 26.1. The van der Waals surface area contributed by atoms with Crippen molar-refractivity contribution < 1.29 is 5.11 Å². The van der Waals surface area contributed by atoms with Crippen LogP contribution in [0.3, 0.4) is 0 Å². The van der Waals surface area contributed by atoms with Gasteiger partial charge in [-0.05, 0) is 37.5 Å². The van der Waals surface area contributed by atoms with Gasteiger partial charge in [0.25, 0.3) is 0 Å². The van der Waals surface area contributed by atoms with E-state index in [1.165, 1.54) is 31.2 Å². The van der Waals surface area contributed by atoms with E-state index in [-0.39, 0.29) is 0 Å². The number of hydrogen-bond donors (Lipinski definition) is 2. The molecular formula is C17H27NOS. The molecule has 20 heavy (non-hydrogen) atoms. The molecule has 0 aromatic heterocycles. The van der Waals surface area contributed by atoms with Crippen LogP contribution >= 0.6 is 11.8 Å². The summed E-state index contributed by atoms with van der Waals surface area (Å²) in [5, 5.41) is 14.0. The first-order valence-corrected chi connectivity index (χ1v) is 9.01. The molecule has 1 aromatic carbocycles. The highest BCUT2D eigenvalue weighted by molar-refractivity contribution is 7.98. The fourth-order valence-electron chi connectivity index (χ4n) is 3.19. The lowest BCUT2D eigenvalue weighted by atomic mass is 9.80. The van der Waals surface area contributed by atoms with Crippen molar-refractivity contribution in [2.45, 2.75) is 50.2 Å². The first-order chi connectivity index (χ1) is 9.62. The van der Waals surface area contributed by atoms with Crippen molar-refractivity contribution >= 4 is 11.8 Å². The summed E-state index contributed by atoms with van der Waals surface area (Å²) >= 11 is 1.70. The van der Waals surface area contributed by atoms with Crippen LogP contribution < -0.4 is 5.32 Å². The highest BCUT2D eigenvalue weighted by Crippen LogP contribution is 2.33. The monoisotopic (exact) mass is 293 g/mol. The number of thioether (sulfide) groups is 1. The van der Waals surface area contributed by atoms with Gasteiger partial charge in [-0.15, -0.1) is 0 Å². The number of nitrogens with one attached hydrogen (secondary N) is 1. The maximum absolute atomic E-state index is 10.3. The van der Waals surface area contributed by atoms with Gasteiger partial charge in [0.15, 0.2) is 0 Å². The Balaban J connectivity index is 1.97. The average molecular weight is 293 g/mol. The van der Waals surface area contributed by atoms with Gasteiger partial charge >= 0.3 is 0 Å². The first-order valence-electron chi connectivity index (χ1n) is 7.62. The Hall–Kier alpha value is -0.510. The van der Waals surface area contributed by atoms with Crippen molar-refractivity contribution in [1.29, 1.82) is 0 Å². The molecule has 1 fully saturated rings. The number of benzene rings is 1. The Morgan fingerprint density at radius 1 is 1.25 bits per heavy atom. The molecule has 112 valence electrons. The number of aliphatic hydroxyl groups is 1. The van der Waals surface area contributed by atoms with Crippen LogP contribution in [0.4, 0.5) is 0 Å². The van der Waals surface area contributed by atoms with Gasteiger partial charge in [-0.25, -0.2) is 0 Å². The minimum Gasteiger partial charge on any atom is -0.388 e. The topological polar surface area (TPSA) is 32.3 Å². The van der Waals surface area contributed by atoms with Gasteiger partial charge in [0.2, 0.25) is 0 Å². The molecule has 2 N–H and O–H groups in total. The van der Waals surface area contributed by atoms with Gasteiger partial charge < -0.3 is 10.4 Å². The molecule has 0 saturated heterocycles. The molecule has 1 aromatic rings. The van der Waals surface area contributed by atoms with E-state index in [0.29, 0.717) is 18.5 Å². The summed E-state index contributed by atoms with van der Waals surface area (Å²) in [7, 11) is 0. The predicted octanol–water partition coefficient (Wildman–Crippen LogP) is 3.42. The van der Waals surface area contributed by atoms with Crippen molar-refractivity contribution in [2.75, 3.05) is 18.6 Å². The van der Waals surface area contributed by atoms with Crippen molar-refractivity contribution in [3.63, 3.8) is 0 Å². The third-order valence-corrected chi connectivity index (χ3v) is 5.10. The second-order valence-electron chi connectivity index (χ2n) is 6.22. The molecule has 0 amide bonds. The fraction of sp³-hybridized carbons (Fsp3) is 0.647.